The summed E-state index contributed by atoms with van der Waals surface area (Å²) >= 11 is 0. The predicted octanol–water partition coefficient (Wildman–Crippen LogP) is 5.50. The lowest BCUT2D eigenvalue weighted by atomic mass is 9.75. The molecule has 2 saturated carbocycles. The van der Waals surface area contributed by atoms with Gasteiger partial charge in [-0.2, -0.15) is 0 Å². The monoisotopic (exact) mass is 382 g/mol. The third-order valence-corrected chi connectivity index (χ3v) is 6.53. The topological polar surface area (TPSA) is 37.5 Å². The number of aliphatic hydroxyl groups is 1. The summed E-state index contributed by atoms with van der Waals surface area (Å²) in [6.45, 7) is 0. The molecule has 1 N–H and O–H groups in total. The number of aliphatic hydroxyl groups excluding tert-OH is 1. The van der Waals surface area contributed by atoms with Gasteiger partial charge in [-0.25, -0.2) is 13.8 Å². The van der Waals surface area contributed by atoms with Gasteiger partial charge < -0.3 is 9.51 Å². The molecule has 1 aromatic carbocycles. The van der Waals surface area contributed by atoms with E-state index in [4.69, 9.17) is 0 Å². The van der Waals surface area contributed by atoms with Crippen molar-refractivity contribution in [1.29, 1.82) is 0 Å². The van der Waals surface area contributed by atoms with Crippen molar-refractivity contribution >= 4 is 5.52 Å². The van der Waals surface area contributed by atoms with E-state index in [2.05, 4.69) is 17.1 Å². The molecule has 28 heavy (non-hydrogen) atoms. The van der Waals surface area contributed by atoms with Crippen LogP contribution in [0.3, 0.4) is 0 Å². The van der Waals surface area contributed by atoms with Gasteiger partial charge in [-0.15, -0.1) is 0 Å². The van der Waals surface area contributed by atoms with E-state index in [-0.39, 0.29) is 11.8 Å². The number of aromatic nitrogens is 2. The van der Waals surface area contributed by atoms with Gasteiger partial charge in [0, 0.05) is 6.07 Å². The minimum absolute atomic E-state index is 0.153. The van der Waals surface area contributed by atoms with Crippen molar-refractivity contribution < 1.29 is 13.9 Å². The number of benzene rings is 1. The van der Waals surface area contributed by atoms with E-state index >= 15 is 0 Å². The fraction of sp³-hybridized carbons (Fsp3) is 0.435. The summed E-state index contributed by atoms with van der Waals surface area (Å²) in [5.74, 6) is -0.181. The summed E-state index contributed by atoms with van der Waals surface area (Å²) < 4.78 is 29.2. The minimum Gasteiger partial charge on any atom is -0.387 e. The van der Waals surface area contributed by atoms with Crippen molar-refractivity contribution in [3.8, 4) is 0 Å². The SMILES string of the molecule is O[C@@H](c1c(C2CC2)ccc2cncn12)[C@H]1CC[C@H](c2cc(F)cc(F)c2)CC1. The standard InChI is InChI=1S/C23H24F2N2O/c24-18-9-17(10-19(25)11-18)14-1-5-16(6-2-14)23(28)22-21(15-3-4-15)8-7-20-12-26-13-27(20)22/h7-16,23,28H,1-6H2/t14-,16-,23-/m1/s1. The molecule has 2 fully saturated rings. The second-order valence-electron chi connectivity index (χ2n) is 8.40. The molecule has 2 aliphatic carbocycles. The summed E-state index contributed by atoms with van der Waals surface area (Å²) in [6.07, 6.45) is 8.79. The molecular formula is C23H24F2N2O. The second-order valence-corrected chi connectivity index (χ2v) is 8.40. The van der Waals surface area contributed by atoms with E-state index in [1.807, 2.05) is 10.6 Å². The Bertz CT molecular complexity index is 983. The molecule has 0 amide bonds. The molecule has 5 rings (SSSR count). The Morgan fingerprint density at radius 3 is 2.29 bits per heavy atom. The lowest BCUT2D eigenvalue weighted by Crippen LogP contribution is -2.22. The van der Waals surface area contributed by atoms with Crippen LogP contribution in [-0.4, -0.2) is 14.5 Å². The minimum atomic E-state index is -0.543. The molecule has 0 unspecified atom stereocenters. The van der Waals surface area contributed by atoms with Crippen LogP contribution in [0.4, 0.5) is 8.78 Å². The second kappa shape index (κ2) is 6.96. The van der Waals surface area contributed by atoms with Crippen molar-refractivity contribution in [1.82, 2.24) is 9.38 Å². The first-order valence-corrected chi connectivity index (χ1v) is 10.2. The van der Waals surface area contributed by atoms with Crippen LogP contribution in [0.15, 0.2) is 42.9 Å². The molecule has 0 saturated heterocycles. The highest BCUT2D eigenvalue weighted by atomic mass is 19.1. The number of rotatable bonds is 4. The van der Waals surface area contributed by atoms with Crippen LogP contribution in [0.25, 0.3) is 5.52 Å². The van der Waals surface area contributed by atoms with Gasteiger partial charge in [0.05, 0.1) is 29.8 Å². The van der Waals surface area contributed by atoms with Gasteiger partial charge in [0.15, 0.2) is 0 Å². The fourth-order valence-electron chi connectivity index (χ4n) is 4.88. The van der Waals surface area contributed by atoms with Crippen LogP contribution in [0.1, 0.15) is 73.3 Å². The average Bonchev–Trinajstić information content (AvgIpc) is 3.42. The van der Waals surface area contributed by atoms with E-state index in [1.54, 1.807) is 6.33 Å². The van der Waals surface area contributed by atoms with Gasteiger partial charge in [-0.1, -0.05) is 6.07 Å². The number of pyridine rings is 1. The number of hydrogen-bond acceptors (Lipinski definition) is 2. The van der Waals surface area contributed by atoms with Crippen molar-refractivity contribution in [2.45, 2.75) is 56.5 Å². The molecule has 0 aliphatic heterocycles. The molecule has 0 bridgehead atoms. The highest BCUT2D eigenvalue weighted by Gasteiger charge is 2.34. The van der Waals surface area contributed by atoms with Crippen LogP contribution in [0.5, 0.6) is 0 Å². The van der Waals surface area contributed by atoms with Crippen molar-refractivity contribution in [3.63, 3.8) is 0 Å². The third-order valence-electron chi connectivity index (χ3n) is 6.53. The van der Waals surface area contributed by atoms with Gasteiger partial charge in [-0.05, 0) is 85.6 Å². The molecule has 1 atom stereocenters. The van der Waals surface area contributed by atoms with Crippen molar-refractivity contribution in [3.05, 3.63) is 71.3 Å². The van der Waals surface area contributed by atoms with Gasteiger partial charge in [0.1, 0.15) is 11.6 Å². The Kier molecular flexibility index (Phi) is 4.43. The molecular weight excluding hydrogens is 358 g/mol. The number of nitrogens with zero attached hydrogens (tertiary/aromatic N) is 2. The summed E-state index contributed by atoms with van der Waals surface area (Å²) in [6, 6.07) is 8.04. The Balaban J connectivity index is 1.38. The van der Waals surface area contributed by atoms with Gasteiger partial charge >= 0.3 is 0 Å². The molecule has 3 nitrogen and oxygen atoms in total. The lowest BCUT2D eigenvalue weighted by molar-refractivity contribution is 0.0754. The molecule has 0 spiro atoms. The molecule has 2 aliphatic rings. The molecule has 3 aromatic rings. The lowest BCUT2D eigenvalue weighted by Gasteiger charge is -2.33. The molecule has 0 radical (unpaired) electrons. The highest BCUT2D eigenvalue weighted by Crippen LogP contribution is 2.47. The van der Waals surface area contributed by atoms with Crippen LogP contribution < -0.4 is 0 Å². The highest BCUT2D eigenvalue weighted by molar-refractivity contribution is 5.50. The van der Waals surface area contributed by atoms with Crippen LogP contribution in [0.2, 0.25) is 0 Å². The van der Waals surface area contributed by atoms with E-state index < -0.39 is 17.7 Å². The molecule has 2 heterocycles. The first kappa shape index (κ1) is 17.8. The molecule has 5 heteroatoms. The number of halogens is 2. The zero-order valence-electron chi connectivity index (χ0n) is 15.7. The Labute approximate surface area is 163 Å². The maximum Gasteiger partial charge on any atom is 0.126 e. The van der Waals surface area contributed by atoms with Crippen LogP contribution in [0, 0.1) is 17.6 Å². The van der Waals surface area contributed by atoms with E-state index in [0.29, 0.717) is 5.92 Å². The van der Waals surface area contributed by atoms with E-state index in [9.17, 15) is 13.9 Å². The fourth-order valence-corrected chi connectivity index (χ4v) is 4.88. The third kappa shape index (κ3) is 3.22. The summed E-state index contributed by atoms with van der Waals surface area (Å²) in [5, 5.41) is 11.3. The Morgan fingerprint density at radius 1 is 0.929 bits per heavy atom. The summed E-state index contributed by atoms with van der Waals surface area (Å²) in [4.78, 5) is 4.26. The van der Waals surface area contributed by atoms with Crippen molar-refractivity contribution in [2.75, 3.05) is 0 Å². The predicted molar refractivity (Wildman–Crippen MR) is 103 cm³/mol. The Hall–Kier alpha value is -2.27. The van der Waals surface area contributed by atoms with Crippen molar-refractivity contribution in [2.24, 2.45) is 5.92 Å². The largest absolute Gasteiger partial charge is 0.387 e. The maximum absolute atomic E-state index is 13.6. The summed E-state index contributed by atoms with van der Waals surface area (Å²) in [5.41, 5.74) is 3.97. The zero-order chi connectivity index (χ0) is 19.3. The summed E-state index contributed by atoms with van der Waals surface area (Å²) in [7, 11) is 0. The van der Waals surface area contributed by atoms with Gasteiger partial charge in [0.2, 0.25) is 0 Å². The van der Waals surface area contributed by atoms with Crippen LogP contribution >= 0.6 is 0 Å². The quantitative estimate of drug-likeness (QED) is 0.647. The van der Waals surface area contributed by atoms with E-state index in [0.717, 1.165) is 48.5 Å². The normalized spacial score (nSPS) is 23.8. The first-order chi connectivity index (χ1) is 13.6. The number of imidazole rings is 1. The number of hydrogen-bond donors (Lipinski definition) is 1. The Morgan fingerprint density at radius 2 is 1.61 bits per heavy atom. The average molecular weight is 382 g/mol. The number of fused-ring (bicyclic) bond motifs is 1. The smallest absolute Gasteiger partial charge is 0.126 e. The van der Waals surface area contributed by atoms with E-state index in [1.165, 1.54) is 30.5 Å². The zero-order valence-corrected chi connectivity index (χ0v) is 15.7. The maximum atomic E-state index is 13.6. The van der Waals surface area contributed by atoms with Crippen LogP contribution in [-0.2, 0) is 0 Å². The van der Waals surface area contributed by atoms with Gasteiger partial charge in [0.25, 0.3) is 0 Å². The molecule has 146 valence electrons. The van der Waals surface area contributed by atoms with Gasteiger partial charge in [-0.3, -0.25) is 0 Å². The molecule has 2 aromatic heterocycles. The first-order valence-electron chi connectivity index (χ1n) is 10.2.